The lowest BCUT2D eigenvalue weighted by atomic mass is 10.0. The van der Waals surface area contributed by atoms with Gasteiger partial charge in [-0.1, -0.05) is 38.7 Å². The Morgan fingerprint density at radius 2 is 1.73 bits per heavy atom. The third-order valence-electron chi connectivity index (χ3n) is 11.7. The average molecular weight is 775 g/mol. The number of rotatable bonds is 14. The molecule has 2 saturated heterocycles. The highest BCUT2D eigenvalue weighted by molar-refractivity contribution is 6.25. The molecule has 3 atom stereocenters. The smallest absolute Gasteiger partial charge is 0.269 e. The van der Waals surface area contributed by atoms with Crippen LogP contribution >= 0.6 is 0 Å². The lowest BCUT2D eigenvalue weighted by Gasteiger charge is -2.32. The number of nitrogens with zero attached hydrogens (tertiary/aromatic N) is 5. The van der Waals surface area contributed by atoms with Crippen LogP contribution in [0.2, 0.25) is 0 Å². The summed E-state index contributed by atoms with van der Waals surface area (Å²) >= 11 is 0. The summed E-state index contributed by atoms with van der Waals surface area (Å²) in [4.78, 5) is 88.4. The highest BCUT2D eigenvalue weighted by atomic mass is 19.3. The van der Waals surface area contributed by atoms with Crippen LogP contribution in [-0.4, -0.2) is 85.6 Å². The van der Waals surface area contributed by atoms with Gasteiger partial charge in [-0.05, 0) is 69.1 Å². The van der Waals surface area contributed by atoms with Gasteiger partial charge in [-0.3, -0.25) is 43.6 Å². The molecule has 2 aromatic heterocycles. The molecule has 3 aromatic rings. The van der Waals surface area contributed by atoms with Crippen molar-refractivity contribution in [2.75, 3.05) is 30.3 Å². The van der Waals surface area contributed by atoms with Crippen LogP contribution in [0.1, 0.15) is 129 Å². The predicted molar refractivity (Wildman–Crippen MR) is 203 cm³/mol. The van der Waals surface area contributed by atoms with E-state index < -0.39 is 47.2 Å². The predicted octanol–water partition coefficient (Wildman–Crippen LogP) is 5.35. The molecule has 0 radical (unpaired) electrons. The van der Waals surface area contributed by atoms with Crippen molar-refractivity contribution in [1.29, 1.82) is 0 Å². The van der Waals surface area contributed by atoms with E-state index in [0.29, 0.717) is 61.6 Å². The number of fused-ring (bicyclic) bond motifs is 2. The fourth-order valence-electron chi connectivity index (χ4n) is 8.62. The molecule has 298 valence electrons. The first-order chi connectivity index (χ1) is 27.0. The number of piperidine rings is 2. The van der Waals surface area contributed by atoms with Crippen LogP contribution in [0, 0.1) is 5.92 Å². The second-order valence-electron chi connectivity index (χ2n) is 15.4. The topological polar surface area (TPSA) is 176 Å². The molecule has 1 aromatic carbocycles. The minimum atomic E-state index is -2.88. The first-order valence-electron chi connectivity index (χ1n) is 19.8. The fraction of sp³-hybridized carbons (Fsp3) is 0.550. The highest BCUT2D eigenvalue weighted by Crippen LogP contribution is 2.37. The normalized spacial score (nSPS) is 21.6. The summed E-state index contributed by atoms with van der Waals surface area (Å²) in [5.74, 6) is -1.49. The Hall–Kier alpha value is -5.28. The van der Waals surface area contributed by atoms with Gasteiger partial charge in [0.2, 0.25) is 23.7 Å². The first kappa shape index (κ1) is 39.0. The number of carbonyl (C=O) groups is 5. The van der Waals surface area contributed by atoms with Crippen molar-refractivity contribution < 1.29 is 32.8 Å². The van der Waals surface area contributed by atoms with E-state index in [0.717, 1.165) is 56.3 Å². The number of hydrogen-bond acceptors (Lipinski definition) is 10. The quantitative estimate of drug-likeness (QED) is 0.143. The number of anilines is 2. The number of halogens is 2. The molecule has 1 aliphatic carbocycles. The van der Waals surface area contributed by atoms with Crippen molar-refractivity contribution in [2.45, 2.75) is 115 Å². The van der Waals surface area contributed by atoms with Gasteiger partial charge in [-0.2, -0.15) is 4.98 Å². The molecule has 5 amide bonds. The number of benzene rings is 1. The van der Waals surface area contributed by atoms with Gasteiger partial charge in [-0.25, -0.2) is 13.8 Å². The number of aromatic nitrogens is 3. The maximum absolute atomic E-state index is 13.8. The molecule has 56 heavy (non-hydrogen) atoms. The number of hydrogen-bond donors (Lipinski definition) is 3. The molecule has 4 aliphatic rings. The molecule has 16 heteroatoms. The molecule has 3 unspecified atom stereocenters. The zero-order valence-electron chi connectivity index (χ0n) is 31.5. The van der Waals surface area contributed by atoms with Crippen molar-refractivity contribution in [2.24, 2.45) is 5.92 Å². The lowest BCUT2D eigenvalue weighted by molar-refractivity contribution is -0.136. The average Bonchev–Trinajstić information content (AvgIpc) is 3.71. The maximum Gasteiger partial charge on any atom is 0.269 e. The maximum atomic E-state index is 13.8. The number of amides is 5. The van der Waals surface area contributed by atoms with E-state index in [1.165, 1.54) is 16.8 Å². The molecule has 1 saturated carbocycles. The highest BCUT2D eigenvalue weighted by Gasteiger charge is 2.45. The van der Waals surface area contributed by atoms with Crippen LogP contribution in [0.5, 0.6) is 0 Å². The molecule has 5 heterocycles. The molecule has 0 bridgehead atoms. The van der Waals surface area contributed by atoms with E-state index in [4.69, 9.17) is 0 Å². The summed E-state index contributed by atoms with van der Waals surface area (Å²) in [7, 11) is 0. The standard InChI is InChI=1S/C40H48F2N8O6/c1-23-9-7-12-29(23)49-35-24(21-27(34(41)42)38(49)55)22-44-40(47-35)45-25-16-19-48(20-17-25)32(52)13-5-3-2-4-6-18-43-28-11-8-10-26-33(28)39(56)50(37(26)54)30-14-15-31(51)46-36(30)53/h8,10-11,21-23,25,29-30,34,43H,2-7,9,12-20H2,1H3,(H,44,45,47)(H,46,51,53). The van der Waals surface area contributed by atoms with Crippen LogP contribution in [0.4, 0.5) is 20.4 Å². The first-order valence-corrected chi connectivity index (χ1v) is 19.8. The fourth-order valence-corrected chi connectivity index (χ4v) is 8.62. The van der Waals surface area contributed by atoms with E-state index >= 15 is 0 Å². The van der Waals surface area contributed by atoms with Crippen LogP contribution < -0.4 is 21.5 Å². The van der Waals surface area contributed by atoms with Gasteiger partial charge in [0.15, 0.2) is 0 Å². The summed E-state index contributed by atoms with van der Waals surface area (Å²) in [5.41, 5.74) is 0.178. The summed E-state index contributed by atoms with van der Waals surface area (Å²) in [6.45, 7) is 3.82. The molecule has 7 rings (SSSR count). The van der Waals surface area contributed by atoms with Crippen LogP contribution in [0.3, 0.4) is 0 Å². The van der Waals surface area contributed by atoms with Crippen molar-refractivity contribution in [3.63, 3.8) is 0 Å². The molecule has 3 aliphatic heterocycles. The molecule has 3 N–H and O–H groups in total. The number of likely N-dealkylation sites (tertiary alicyclic amines) is 1. The van der Waals surface area contributed by atoms with Crippen molar-refractivity contribution in [3.8, 4) is 0 Å². The second kappa shape index (κ2) is 16.8. The Balaban J connectivity index is 0.822. The summed E-state index contributed by atoms with van der Waals surface area (Å²) in [6, 6.07) is 5.04. The van der Waals surface area contributed by atoms with Crippen LogP contribution in [0.15, 0.2) is 35.3 Å². The van der Waals surface area contributed by atoms with Crippen LogP contribution in [0.25, 0.3) is 11.0 Å². The zero-order valence-corrected chi connectivity index (χ0v) is 31.5. The number of nitrogens with one attached hydrogen (secondary N) is 3. The van der Waals surface area contributed by atoms with Gasteiger partial charge in [0.05, 0.1) is 16.7 Å². The number of imide groups is 2. The molecule has 0 spiro atoms. The van der Waals surface area contributed by atoms with E-state index in [1.807, 2.05) is 11.8 Å². The summed E-state index contributed by atoms with van der Waals surface area (Å²) in [5, 5.41) is 9.25. The Morgan fingerprint density at radius 3 is 2.46 bits per heavy atom. The Bertz CT molecular complexity index is 2080. The van der Waals surface area contributed by atoms with E-state index in [1.54, 1.807) is 18.2 Å². The molecule has 14 nitrogen and oxygen atoms in total. The minimum Gasteiger partial charge on any atom is -0.384 e. The Labute approximate surface area is 322 Å². The van der Waals surface area contributed by atoms with E-state index in [-0.39, 0.29) is 47.9 Å². The number of unbranched alkanes of at least 4 members (excludes halogenated alkanes) is 4. The van der Waals surface area contributed by atoms with E-state index in [2.05, 4.69) is 25.9 Å². The second-order valence-corrected chi connectivity index (χ2v) is 15.4. The monoisotopic (exact) mass is 774 g/mol. The zero-order chi connectivity index (χ0) is 39.5. The van der Waals surface area contributed by atoms with Crippen molar-refractivity contribution in [1.82, 2.24) is 29.7 Å². The molecular weight excluding hydrogens is 726 g/mol. The number of pyridine rings is 1. The third-order valence-corrected chi connectivity index (χ3v) is 11.7. The summed E-state index contributed by atoms with van der Waals surface area (Å²) in [6.07, 6.45) is 7.63. The largest absolute Gasteiger partial charge is 0.384 e. The molecule has 3 fully saturated rings. The van der Waals surface area contributed by atoms with Crippen molar-refractivity contribution >= 4 is 52.2 Å². The number of carbonyl (C=O) groups excluding carboxylic acids is 5. The van der Waals surface area contributed by atoms with Gasteiger partial charge in [0.1, 0.15) is 11.7 Å². The number of alkyl halides is 2. The van der Waals surface area contributed by atoms with Crippen LogP contribution in [-0.2, 0) is 14.4 Å². The van der Waals surface area contributed by atoms with Gasteiger partial charge < -0.3 is 15.5 Å². The Morgan fingerprint density at radius 1 is 0.964 bits per heavy atom. The Kier molecular flexibility index (Phi) is 11.7. The molecular formula is C40H48F2N8O6. The third kappa shape index (κ3) is 8.01. The van der Waals surface area contributed by atoms with Gasteiger partial charge in [0, 0.05) is 61.8 Å². The minimum absolute atomic E-state index is 0.0239. The lowest BCUT2D eigenvalue weighted by Crippen LogP contribution is -2.54. The van der Waals surface area contributed by atoms with Gasteiger partial charge in [0.25, 0.3) is 23.8 Å². The van der Waals surface area contributed by atoms with Gasteiger partial charge >= 0.3 is 0 Å². The van der Waals surface area contributed by atoms with E-state index in [9.17, 15) is 37.5 Å². The SMILES string of the molecule is CC1CCCC1n1c(=O)c(C(F)F)cc2cnc(NC3CCN(C(=O)CCCCCCCNc4cccc5c4C(=O)N(C4CCC(=O)NC4=O)C5=O)CC3)nc21. The van der Waals surface area contributed by atoms with Gasteiger partial charge in [-0.15, -0.1) is 0 Å². The van der Waals surface area contributed by atoms with Crippen molar-refractivity contribution in [3.05, 3.63) is 57.5 Å². The summed E-state index contributed by atoms with van der Waals surface area (Å²) < 4.78 is 29.0.